The van der Waals surface area contributed by atoms with Crippen molar-refractivity contribution in [2.45, 2.75) is 0 Å². The highest BCUT2D eigenvalue weighted by Gasteiger charge is 2.23. The summed E-state index contributed by atoms with van der Waals surface area (Å²) in [5.41, 5.74) is 1.75. The van der Waals surface area contributed by atoms with Crippen molar-refractivity contribution in [3.63, 3.8) is 0 Å². The summed E-state index contributed by atoms with van der Waals surface area (Å²) in [4.78, 5) is 25.3. The number of aromatic nitrogens is 2. The molecule has 0 spiro atoms. The van der Waals surface area contributed by atoms with E-state index in [0.717, 1.165) is 36.8 Å². The Hall–Kier alpha value is -2.47. The zero-order chi connectivity index (χ0) is 15.6. The van der Waals surface area contributed by atoms with Crippen molar-refractivity contribution in [1.29, 1.82) is 0 Å². The van der Waals surface area contributed by atoms with Gasteiger partial charge in [0.1, 0.15) is 0 Å². The summed E-state index contributed by atoms with van der Waals surface area (Å²) in [6, 6.07) is 11.7. The number of rotatable bonds is 2. The summed E-state index contributed by atoms with van der Waals surface area (Å²) in [6.07, 6.45) is 3.31. The number of pyridine rings is 1. The lowest BCUT2D eigenvalue weighted by Crippen LogP contribution is -2.48. The highest BCUT2D eigenvalue weighted by Crippen LogP contribution is 2.29. The van der Waals surface area contributed by atoms with Gasteiger partial charge in [-0.2, -0.15) is 0 Å². The fourth-order valence-electron chi connectivity index (χ4n) is 2.77. The zero-order valence-electron chi connectivity index (χ0n) is 12.6. The van der Waals surface area contributed by atoms with Crippen LogP contribution in [0.3, 0.4) is 0 Å². The number of carbonyl (C=O) groups excluding carboxylic acids is 1. The van der Waals surface area contributed by atoms with Crippen LogP contribution in [-0.2, 0) is 0 Å². The molecule has 0 atom stereocenters. The molecule has 1 fully saturated rings. The lowest BCUT2D eigenvalue weighted by atomic mass is 10.2. The van der Waals surface area contributed by atoms with Crippen LogP contribution in [0.2, 0.25) is 0 Å². The molecule has 3 aromatic rings. The number of piperazine rings is 1. The molecule has 3 heterocycles. The number of amides is 1. The number of fused-ring (bicyclic) bond motifs is 1. The third kappa shape index (κ3) is 2.77. The number of hydrogen-bond acceptors (Lipinski definition) is 5. The third-order valence-electron chi connectivity index (χ3n) is 4.05. The van der Waals surface area contributed by atoms with E-state index in [4.69, 9.17) is 4.98 Å². The van der Waals surface area contributed by atoms with Crippen LogP contribution in [0.1, 0.15) is 10.4 Å². The monoisotopic (exact) mass is 324 g/mol. The maximum atomic E-state index is 12.5. The van der Waals surface area contributed by atoms with Crippen molar-refractivity contribution >= 4 is 32.6 Å². The lowest BCUT2D eigenvalue weighted by Gasteiger charge is -2.34. The number of anilines is 1. The topological polar surface area (TPSA) is 49.3 Å². The predicted molar refractivity (Wildman–Crippen MR) is 92.0 cm³/mol. The maximum absolute atomic E-state index is 12.5. The predicted octanol–water partition coefficient (Wildman–Crippen LogP) is 2.65. The highest BCUT2D eigenvalue weighted by molar-refractivity contribution is 7.22. The van der Waals surface area contributed by atoms with Crippen molar-refractivity contribution in [1.82, 2.24) is 14.9 Å². The molecule has 1 saturated heterocycles. The van der Waals surface area contributed by atoms with Crippen LogP contribution >= 0.6 is 11.3 Å². The number of benzene rings is 1. The van der Waals surface area contributed by atoms with Crippen LogP contribution in [0.4, 0.5) is 5.13 Å². The SMILES string of the molecule is O=C(c1ccncc1)N1CCN(c2nc3ccccc3s2)CC1. The van der Waals surface area contributed by atoms with Gasteiger partial charge in [0.05, 0.1) is 10.2 Å². The summed E-state index contributed by atoms with van der Waals surface area (Å²) >= 11 is 1.71. The van der Waals surface area contributed by atoms with E-state index in [1.54, 1.807) is 35.9 Å². The fraction of sp³-hybridized carbons (Fsp3) is 0.235. The van der Waals surface area contributed by atoms with Gasteiger partial charge in [-0.05, 0) is 24.3 Å². The Bertz CT molecular complexity index is 792. The molecule has 1 amide bonds. The van der Waals surface area contributed by atoms with Gasteiger partial charge in [-0.1, -0.05) is 23.5 Å². The summed E-state index contributed by atoms with van der Waals surface area (Å²) in [7, 11) is 0. The second-order valence-electron chi connectivity index (χ2n) is 5.48. The van der Waals surface area contributed by atoms with Crippen LogP contribution in [0, 0.1) is 0 Å². The molecule has 0 bridgehead atoms. The fourth-order valence-corrected chi connectivity index (χ4v) is 3.79. The van der Waals surface area contributed by atoms with Gasteiger partial charge in [0, 0.05) is 44.1 Å². The minimum absolute atomic E-state index is 0.0800. The molecule has 1 aliphatic rings. The first kappa shape index (κ1) is 14.1. The van der Waals surface area contributed by atoms with Crippen molar-refractivity contribution in [2.24, 2.45) is 0 Å². The maximum Gasteiger partial charge on any atom is 0.254 e. The van der Waals surface area contributed by atoms with E-state index in [2.05, 4.69) is 16.0 Å². The minimum Gasteiger partial charge on any atom is -0.345 e. The second kappa shape index (κ2) is 5.96. The molecule has 0 N–H and O–H groups in total. The Morgan fingerprint density at radius 2 is 1.74 bits per heavy atom. The van der Waals surface area contributed by atoms with E-state index < -0.39 is 0 Å². The van der Waals surface area contributed by atoms with Gasteiger partial charge in [0.25, 0.3) is 5.91 Å². The molecular weight excluding hydrogens is 308 g/mol. The quantitative estimate of drug-likeness (QED) is 0.727. The molecule has 0 radical (unpaired) electrons. The van der Waals surface area contributed by atoms with Gasteiger partial charge in [0.15, 0.2) is 5.13 Å². The zero-order valence-corrected chi connectivity index (χ0v) is 13.4. The Morgan fingerprint density at radius 3 is 2.48 bits per heavy atom. The van der Waals surface area contributed by atoms with Crippen LogP contribution in [-0.4, -0.2) is 47.0 Å². The van der Waals surface area contributed by atoms with Gasteiger partial charge >= 0.3 is 0 Å². The summed E-state index contributed by atoms with van der Waals surface area (Å²) in [5.74, 6) is 0.0800. The van der Waals surface area contributed by atoms with E-state index in [9.17, 15) is 4.79 Å². The lowest BCUT2D eigenvalue weighted by molar-refractivity contribution is 0.0746. The summed E-state index contributed by atoms with van der Waals surface area (Å²) in [6.45, 7) is 3.07. The van der Waals surface area contributed by atoms with Crippen LogP contribution < -0.4 is 4.90 Å². The Balaban J connectivity index is 1.45. The van der Waals surface area contributed by atoms with Crippen molar-refractivity contribution in [3.05, 3.63) is 54.4 Å². The van der Waals surface area contributed by atoms with Gasteiger partial charge in [-0.15, -0.1) is 0 Å². The summed E-state index contributed by atoms with van der Waals surface area (Å²) < 4.78 is 1.21. The average molecular weight is 324 g/mol. The van der Waals surface area contributed by atoms with E-state index in [1.807, 2.05) is 23.1 Å². The molecule has 1 aromatic carbocycles. The minimum atomic E-state index is 0.0800. The molecule has 0 aliphatic carbocycles. The molecular formula is C17H16N4OS. The molecule has 4 rings (SSSR count). The first-order valence-electron chi connectivity index (χ1n) is 7.61. The van der Waals surface area contributed by atoms with Gasteiger partial charge < -0.3 is 9.80 Å². The van der Waals surface area contributed by atoms with E-state index >= 15 is 0 Å². The van der Waals surface area contributed by atoms with Gasteiger partial charge in [-0.25, -0.2) is 4.98 Å². The van der Waals surface area contributed by atoms with Crippen LogP contribution in [0.25, 0.3) is 10.2 Å². The second-order valence-corrected chi connectivity index (χ2v) is 6.49. The Labute approximate surface area is 138 Å². The number of nitrogens with zero attached hydrogens (tertiary/aromatic N) is 4. The smallest absolute Gasteiger partial charge is 0.254 e. The van der Waals surface area contributed by atoms with E-state index in [0.29, 0.717) is 5.56 Å². The van der Waals surface area contributed by atoms with Crippen LogP contribution in [0.5, 0.6) is 0 Å². The first-order valence-corrected chi connectivity index (χ1v) is 8.43. The summed E-state index contributed by atoms with van der Waals surface area (Å²) in [5, 5.41) is 1.04. The average Bonchev–Trinajstić information content (AvgIpc) is 3.06. The Morgan fingerprint density at radius 1 is 1.00 bits per heavy atom. The molecule has 6 heteroatoms. The number of hydrogen-bond donors (Lipinski definition) is 0. The van der Waals surface area contributed by atoms with Crippen LogP contribution in [0.15, 0.2) is 48.8 Å². The number of thiazole rings is 1. The van der Waals surface area contributed by atoms with Crippen molar-refractivity contribution < 1.29 is 4.79 Å². The van der Waals surface area contributed by atoms with E-state index in [-0.39, 0.29) is 5.91 Å². The molecule has 0 saturated carbocycles. The standard InChI is InChI=1S/C17H16N4OS/c22-16(13-5-7-18-8-6-13)20-9-11-21(12-10-20)17-19-14-3-1-2-4-15(14)23-17/h1-8H,9-12H2. The molecule has 0 unspecified atom stereocenters. The number of carbonyl (C=O) groups is 1. The van der Waals surface area contributed by atoms with Gasteiger partial charge in [-0.3, -0.25) is 9.78 Å². The van der Waals surface area contributed by atoms with E-state index in [1.165, 1.54) is 4.70 Å². The molecule has 2 aromatic heterocycles. The largest absolute Gasteiger partial charge is 0.345 e. The first-order chi connectivity index (χ1) is 11.3. The van der Waals surface area contributed by atoms with Gasteiger partial charge in [0.2, 0.25) is 0 Å². The number of para-hydroxylation sites is 1. The normalized spacial score (nSPS) is 15.1. The third-order valence-corrected chi connectivity index (χ3v) is 5.14. The Kier molecular flexibility index (Phi) is 3.67. The van der Waals surface area contributed by atoms with Crippen molar-refractivity contribution in [2.75, 3.05) is 31.1 Å². The molecule has 5 nitrogen and oxygen atoms in total. The molecule has 116 valence electrons. The molecule has 1 aliphatic heterocycles. The van der Waals surface area contributed by atoms with Crippen molar-refractivity contribution in [3.8, 4) is 0 Å². The highest BCUT2D eigenvalue weighted by atomic mass is 32.1. The molecule has 23 heavy (non-hydrogen) atoms.